The van der Waals surface area contributed by atoms with Crippen LogP contribution in [-0.4, -0.2) is 23.3 Å². The fourth-order valence-corrected chi connectivity index (χ4v) is 2.61. The monoisotopic (exact) mass is 277 g/mol. The van der Waals surface area contributed by atoms with Crippen LogP contribution in [0.1, 0.15) is 22.6 Å². The molecule has 0 radical (unpaired) electrons. The van der Waals surface area contributed by atoms with E-state index in [1.165, 1.54) is 28.3 Å². The molecule has 2 N–H and O–H groups in total. The number of methoxy groups -OCH3 is 1. The Labute approximate surface area is 117 Å². The van der Waals surface area contributed by atoms with E-state index in [9.17, 15) is 0 Å². The van der Waals surface area contributed by atoms with Crippen LogP contribution in [0.2, 0.25) is 0 Å². The highest BCUT2D eigenvalue weighted by molar-refractivity contribution is 7.13. The fraction of sp³-hybridized carbons (Fsp3) is 0.357. The highest BCUT2D eigenvalue weighted by Crippen LogP contribution is 2.19. The molecule has 2 aromatic heterocycles. The van der Waals surface area contributed by atoms with Crippen LogP contribution in [0.25, 0.3) is 12.2 Å². The third-order valence-electron chi connectivity index (χ3n) is 3.11. The Morgan fingerprint density at radius 2 is 2.21 bits per heavy atom. The Morgan fingerprint density at radius 1 is 1.42 bits per heavy atom. The highest BCUT2D eigenvalue weighted by Gasteiger charge is 2.06. The van der Waals surface area contributed by atoms with Crippen molar-refractivity contribution in [3.63, 3.8) is 0 Å². The van der Waals surface area contributed by atoms with Crippen molar-refractivity contribution in [1.29, 1.82) is 0 Å². The zero-order valence-electron chi connectivity index (χ0n) is 11.5. The van der Waals surface area contributed by atoms with E-state index in [2.05, 4.69) is 35.5 Å². The Balaban J connectivity index is 2.19. The second-order valence-corrected chi connectivity index (χ2v) is 5.30. The average Bonchev–Trinajstić information content (AvgIpc) is 2.90. The predicted molar refractivity (Wildman–Crippen MR) is 81.2 cm³/mol. The number of ether oxygens (including phenoxy) is 1. The Kier molecular flexibility index (Phi) is 4.39. The van der Waals surface area contributed by atoms with Gasteiger partial charge in [0.15, 0.2) is 5.13 Å². The summed E-state index contributed by atoms with van der Waals surface area (Å²) in [5.41, 5.74) is 10.2. The van der Waals surface area contributed by atoms with E-state index in [0.29, 0.717) is 5.13 Å². The summed E-state index contributed by atoms with van der Waals surface area (Å²) in [4.78, 5) is 4.22. The summed E-state index contributed by atoms with van der Waals surface area (Å²) in [6.45, 7) is 5.84. The summed E-state index contributed by atoms with van der Waals surface area (Å²) >= 11 is 1.46. The molecule has 0 amide bonds. The zero-order valence-corrected chi connectivity index (χ0v) is 12.3. The van der Waals surface area contributed by atoms with Gasteiger partial charge >= 0.3 is 0 Å². The molecule has 102 valence electrons. The van der Waals surface area contributed by atoms with Gasteiger partial charge in [-0.25, -0.2) is 4.98 Å². The van der Waals surface area contributed by atoms with Crippen molar-refractivity contribution in [2.24, 2.45) is 0 Å². The molecular weight excluding hydrogens is 258 g/mol. The lowest BCUT2D eigenvalue weighted by Gasteiger charge is -2.08. The van der Waals surface area contributed by atoms with Crippen molar-refractivity contribution >= 4 is 28.6 Å². The minimum Gasteiger partial charge on any atom is -0.383 e. The standard InChI is InChI=1S/C14H19N3OS/c1-10-8-12(11(2)17(10)6-7-18-3)4-5-13-9-19-14(15)16-13/h4-5,8-9H,6-7H2,1-3H3,(H2,15,16)/b5-4+. The molecule has 5 heteroatoms. The van der Waals surface area contributed by atoms with E-state index in [-0.39, 0.29) is 0 Å². The molecule has 2 rings (SSSR count). The number of nitrogen functional groups attached to an aromatic ring is 1. The van der Waals surface area contributed by atoms with E-state index in [4.69, 9.17) is 10.5 Å². The number of hydrogen-bond acceptors (Lipinski definition) is 4. The maximum atomic E-state index is 5.62. The summed E-state index contributed by atoms with van der Waals surface area (Å²) in [6.07, 6.45) is 4.08. The maximum Gasteiger partial charge on any atom is 0.180 e. The van der Waals surface area contributed by atoms with Crippen molar-refractivity contribution in [1.82, 2.24) is 9.55 Å². The number of rotatable bonds is 5. The largest absolute Gasteiger partial charge is 0.383 e. The van der Waals surface area contributed by atoms with E-state index >= 15 is 0 Å². The van der Waals surface area contributed by atoms with Crippen LogP contribution in [0.3, 0.4) is 0 Å². The fourth-order valence-electron chi connectivity index (χ4n) is 2.08. The number of anilines is 1. The molecule has 4 nitrogen and oxygen atoms in total. The van der Waals surface area contributed by atoms with E-state index in [1.807, 2.05) is 11.5 Å². The quantitative estimate of drug-likeness (QED) is 0.914. The second-order valence-electron chi connectivity index (χ2n) is 4.41. The number of aromatic nitrogens is 2. The van der Waals surface area contributed by atoms with Gasteiger partial charge in [-0.05, 0) is 31.6 Å². The van der Waals surface area contributed by atoms with E-state index in [0.717, 1.165) is 18.8 Å². The van der Waals surface area contributed by atoms with Gasteiger partial charge in [-0.2, -0.15) is 0 Å². The van der Waals surface area contributed by atoms with Crippen LogP contribution >= 0.6 is 11.3 Å². The first-order valence-electron chi connectivity index (χ1n) is 6.16. The van der Waals surface area contributed by atoms with E-state index < -0.39 is 0 Å². The molecule has 0 bridgehead atoms. The van der Waals surface area contributed by atoms with Crippen LogP contribution in [0.5, 0.6) is 0 Å². The first-order chi connectivity index (χ1) is 9.11. The SMILES string of the molecule is COCCn1c(C)cc(/C=C/c2csc(N)n2)c1C. The van der Waals surface area contributed by atoms with Gasteiger partial charge < -0.3 is 15.0 Å². The van der Waals surface area contributed by atoms with Gasteiger partial charge in [0.05, 0.1) is 12.3 Å². The summed E-state index contributed by atoms with van der Waals surface area (Å²) < 4.78 is 7.40. The van der Waals surface area contributed by atoms with Gasteiger partial charge in [0.25, 0.3) is 0 Å². The van der Waals surface area contributed by atoms with Crippen molar-refractivity contribution in [2.75, 3.05) is 19.5 Å². The van der Waals surface area contributed by atoms with Crippen molar-refractivity contribution in [2.45, 2.75) is 20.4 Å². The number of thiazole rings is 1. The summed E-state index contributed by atoms with van der Waals surface area (Å²) in [7, 11) is 1.72. The van der Waals surface area contributed by atoms with Gasteiger partial charge in [0.2, 0.25) is 0 Å². The first kappa shape index (κ1) is 13.8. The zero-order chi connectivity index (χ0) is 13.8. The minimum atomic E-state index is 0.602. The van der Waals surface area contributed by atoms with Gasteiger partial charge in [0.1, 0.15) is 0 Å². The molecule has 0 fully saturated rings. The topological polar surface area (TPSA) is 53.1 Å². The Bertz CT molecular complexity index is 584. The Hall–Kier alpha value is -1.59. The second kappa shape index (κ2) is 6.04. The van der Waals surface area contributed by atoms with Crippen LogP contribution in [0.4, 0.5) is 5.13 Å². The number of nitrogens with two attached hydrogens (primary N) is 1. The average molecular weight is 277 g/mol. The maximum absolute atomic E-state index is 5.62. The molecule has 0 spiro atoms. The molecule has 2 heterocycles. The van der Waals surface area contributed by atoms with Crippen molar-refractivity contribution in [3.8, 4) is 0 Å². The smallest absolute Gasteiger partial charge is 0.180 e. The number of aryl methyl sites for hydroxylation is 1. The molecule has 0 saturated heterocycles. The molecule has 0 aliphatic carbocycles. The van der Waals surface area contributed by atoms with Crippen LogP contribution in [-0.2, 0) is 11.3 Å². The highest BCUT2D eigenvalue weighted by atomic mass is 32.1. The molecule has 0 aliphatic rings. The number of nitrogens with zero attached hydrogens (tertiary/aromatic N) is 2. The molecular formula is C14H19N3OS. The van der Waals surface area contributed by atoms with Gasteiger partial charge in [0, 0.05) is 30.4 Å². The van der Waals surface area contributed by atoms with Gasteiger partial charge in [-0.1, -0.05) is 6.08 Å². The van der Waals surface area contributed by atoms with Crippen LogP contribution < -0.4 is 5.73 Å². The summed E-state index contributed by atoms with van der Waals surface area (Å²) in [6, 6.07) is 2.18. The predicted octanol–water partition coefficient (Wildman–Crippen LogP) is 2.96. The normalized spacial score (nSPS) is 11.5. The van der Waals surface area contributed by atoms with Crippen molar-refractivity contribution in [3.05, 3.63) is 34.1 Å². The summed E-state index contributed by atoms with van der Waals surface area (Å²) in [5.74, 6) is 0. The Morgan fingerprint density at radius 3 is 2.84 bits per heavy atom. The third-order valence-corrected chi connectivity index (χ3v) is 3.80. The molecule has 0 aliphatic heterocycles. The molecule has 0 aromatic carbocycles. The molecule has 19 heavy (non-hydrogen) atoms. The first-order valence-corrected chi connectivity index (χ1v) is 7.04. The lowest BCUT2D eigenvalue weighted by Crippen LogP contribution is -2.07. The molecule has 2 aromatic rings. The lowest BCUT2D eigenvalue weighted by molar-refractivity contribution is 0.186. The van der Waals surface area contributed by atoms with Gasteiger partial charge in [-0.15, -0.1) is 11.3 Å². The van der Waals surface area contributed by atoms with E-state index in [1.54, 1.807) is 7.11 Å². The van der Waals surface area contributed by atoms with Gasteiger partial charge in [-0.3, -0.25) is 0 Å². The lowest BCUT2D eigenvalue weighted by atomic mass is 10.2. The van der Waals surface area contributed by atoms with Crippen LogP contribution in [0.15, 0.2) is 11.4 Å². The minimum absolute atomic E-state index is 0.602. The summed E-state index contributed by atoms with van der Waals surface area (Å²) in [5, 5.41) is 2.56. The third kappa shape index (κ3) is 3.24. The molecule has 0 unspecified atom stereocenters. The van der Waals surface area contributed by atoms with Crippen molar-refractivity contribution < 1.29 is 4.74 Å². The van der Waals surface area contributed by atoms with Crippen LogP contribution in [0, 0.1) is 13.8 Å². The molecule has 0 saturated carbocycles. The molecule has 0 atom stereocenters. The number of hydrogen-bond donors (Lipinski definition) is 1.